The number of carbonyl (C=O) groups is 1. The smallest absolute Gasteiger partial charge is 0.274 e. The van der Waals surface area contributed by atoms with Gasteiger partial charge in [-0.05, 0) is 30.9 Å². The molecule has 0 saturated heterocycles. The number of rotatable bonds is 6. The van der Waals surface area contributed by atoms with E-state index < -0.39 is 5.60 Å². The molecule has 1 amide bonds. The Hall–Kier alpha value is -2.14. The molecule has 1 fully saturated rings. The SMILES string of the molecule is CCc1cc(C(=O)N(Cc2ccccc2)CC2(O)CCCC2)n[nH]1. The van der Waals surface area contributed by atoms with Crippen LogP contribution in [0.2, 0.25) is 0 Å². The molecule has 1 saturated carbocycles. The number of H-pyrrole nitrogens is 1. The predicted octanol–water partition coefficient (Wildman–Crippen LogP) is 2.92. The minimum Gasteiger partial charge on any atom is -0.388 e. The van der Waals surface area contributed by atoms with E-state index in [-0.39, 0.29) is 5.91 Å². The van der Waals surface area contributed by atoms with Crippen LogP contribution in [0.5, 0.6) is 0 Å². The van der Waals surface area contributed by atoms with Crippen molar-refractivity contribution >= 4 is 5.91 Å². The second-order valence-corrected chi connectivity index (χ2v) is 6.71. The zero-order valence-electron chi connectivity index (χ0n) is 14.2. The van der Waals surface area contributed by atoms with Crippen LogP contribution < -0.4 is 0 Å². The van der Waals surface area contributed by atoms with Gasteiger partial charge in [-0.25, -0.2) is 0 Å². The van der Waals surface area contributed by atoms with Crippen molar-refractivity contribution in [2.24, 2.45) is 0 Å². The Morgan fingerprint density at radius 3 is 2.62 bits per heavy atom. The summed E-state index contributed by atoms with van der Waals surface area (Å²) in [5, 5.41) is 17.8. The van der Waals surface area contributed by atoms with Gasteiger partial charge in [-0.3, -0.25) is 9.89 Å². The van der Waals surface area contributed by atoms with Crippen molar-refractivity contribution in [2.75, 3.05) is 6.54 Å². The minimum absolute atomic E-state index is 0.130. The number of aromatic nitrogens is 2. The van der Waals surface area contributed by atoms with Crippen LogP contribution in [0.25, 0.3) is 0 Å². The number of hydrogen-bond acceptors (Lipinski definition) is 3. The molecule has 5 nitrogen and oxygen atoms in total. The first-order valence-corrected chi connectivity index (χ1v) is 8.69. The monoisotopic (exact) mass is 327 g/mol. The quantitative estimate of drug-likeness (QED) is 0.857. The van der Waals surface area contributed by atoms with E-state index in [4.69, 9.17) is 0 Å². The lowest BCUT2D eigenvalue weighted by Crippen LogP contribution is -2.44. The molecule has 0 aliphatic heterocycles. The van der Waals surface area contributed by atoms with Crippen molar-refractivity contribution in [1.82, 2.24) is 15.1 Å². The molecule has 1 aromatic carbocycles. The molecular weight excluding hydrogens is 302 g/mol. The molecule has 1 heterocycles. The number of nitrogens with one attached hydrogen (secondary N) is 1. The summed E-state index contributed by atoms with van der Waals surface area (Å²) in [5.74, 6) is -0.130. The summed E-state index contributed by atoms with van der Waals surface area (Å²) in [6, 6.07) is 11.7. The Balaban J connectivity index is 1.81. The van der Waals surface area contributed by atoms with E-state index in [0.717, 1.165) is 43.4 Å². The molecule has 5 heteroatoms. The summed E-state index contributed by atoms with van der Waals surface area (Å²) in [7, 11) is 0. The lowest BCUT2D eigenvalue weighted by Gasteiger charge is -2.31. The zero-order valence-corrected chi connectivity index (χ0v) is 14.2. The number of aryl methyl sites for hydroxylation is 1. The average molecular weight is 327 g/mol. The third-order valence-corrected chi connectivity index (χ3v) is 4.75. The fraction of sp³-hybridized carbons (Fsp3) is 0.474. The summed E-state index contributed by atoms with van der Waals surface area (Å²) < 4.78 is 0. The number of amides is 1. The molecule has 0 radical (unpaired) electrons. The van der Waals surface area contributed by atoms with Gasteiger partial charge >= 0.3 is 0 Å². The van der Waals surface area contributed by atoms with Crippen molar-refractivity contribution in [3.8, 4) is 0 Å². The molecule has 2 N–H and O–H groups in total. The number of benzene rings is 1. The minimum atomic E-state index is -0.770. The number of aromatic amines is 1. The lowest BCUT2D eigenvalue weighted by atomic mass is 10.0. The molecule has 2 aromatic rings. The molecule has 0 bridgehead atoms. The van der Waals surface area contributed by atoms with Gasteiger partial charge in [0.05, 0.1) is 12.1 Å². The van der Waals surface area contributed by atoms with Crippen LogP contribution in [0.15, 0.2) is 36.4 Å². The summed E-state index contributed by atoms with van der Waals surface area (Å²) in [4.78, 5) is 14.7. The highest BCUT2D eigenvalue weighted by Gasteiger charge is 2.35. The van der Waals surface area contributed by atoms with Gasteiger partial charge in [-0.15, -0.1) is 0 Å². The van der Waals surface area contributed by atoms with E-state index in [0.29, 0.717) is 18.8 Å². The van der Waals surface area contributed by atoms with E-state index in [2.05, 4.69) is 10.2 Å². The van der Waals surface area contributed by atoms with Crippen molar-refractivity contribution in [1.29, 1.82) is 0 Å². The highest BCUT2D eigenvalue weighted by molar-refractivity contribution is 5.92. The fourth-order valence-corrected chi connectivity index (χ4v) is 3.36. The van der Waals surface area contributed by atoms with Crippen LogP contribution in [-0.2, 0) is 13.0 Å². The largest absolute Gasteiger partial charge is 0.388 e. The number of carbonyl (C=O) groups excluding carboxylic acids is 1. The maximum Gasteiger partial charge on any atom is 0.274 e. The van der Waals surface area contributed by atoms with Crippen molar-refractivity contribution in [2.45, 2.75) is 51.2 Å². The molecule has 0 atom stereocenters. The van der Waals surface area contributed by atoms with Crippen molar-refractivity contribution in [3.05, 3.63) is 53.3 Å². The number of nitrogens with zero attached hydrogens (tertiary/aromatic N) is 2. The van der Waals surface area contributed by atoms with Crippen molar-refractivity contribution in [3.63, 3.8) is 0 Å². The Labute approximate surface area is 142 Å². The Kier molecular flexibility index (Phi) is 5.00. The molecule has 0 unspecified atom stereocenters. The second kappa shape index (κ2) is 7.18. The van der Waals surface area contributed by atoms with Gasteiger partial charge in [0, 0.05) is 12.2 Å². The summed E-state index contributed by atoms with van der Waals surface area (Å²) in [6.07, 6.45) is 4.36. The Morgan fingerprint density at radius 2 is 2.00 bits per heavy atom. The fourth-order valence-electron chi connectivity index (χ4n) is 3.36. The topological polar surface area (TPSA) is 69.2 Å². The van der Waals surface area contributed by atoms with Gasteiger partial charge in [0.1, 0.15) is 5.69 Å². The van der Waals surface area contributed by atoms with Crippen LogP contribution in [0.3, 0.4) is 0 Å². The maximum atomic E-state index is 12.9. The number of aliphatic hydroxyl groups is 1. The molecule has 128 valence electrons. The summed E-state index contributed by atoms with van der Waals surface area (Å²) in [5.41, 5.74) is 1.65. The third-order valence-electron chi connectivity index (χ3n) is 4.75. The van der Waals surface area contributed by atoms with Gasteiger partial charge < -0.3 is 10.0 Å². The van der Waals surface area contributed by atoms with Crippen LogP contribution in [0, 0.1) is 0 Å². The molecule has 24 heavy (non-hydrogen) atoms. The Bertz CT molecular complexity index is 675. The van der Waals surface area contributed by atoms with Crippen molar-refractivity contribution < 1.29 is 9.90 Å². The second-order valence-electron chi connectivity index (χ2n) is 6.71. The highest BCUT2D eigenvalue weighted by Crippen LogP contribution is 2.31. The first kappa shape index (κ1) is 16.7. The van der Waals surface area contributed by atoms with Gasteiger partial charge in [-0.2, -0.15) is 5.10 Å². The molecule has 1 aliphatic carbocycles. The summed E-state index contributed by atoms with van der Waals surface area (Å²) in [6.45, 7) is 2.86. The van der Waals surface area contributed by atoms with Crippen LogP contribution in [-0.4, -0.2) is 38.3 Å². The number of hydrogen-bond donors (Lipinski definition) is 2. The first-order chi connectivity index (χ1) is 11.6. The summed E-state index contributed by atoms with van der Waals surface area (Å²) >= 11 is 0. The third kappa shape index (κ3) is 3.85. The molecule has 1 aliphatic rings. The Morgan fingerprint density at radius 1 is 1.29 bits per heavy atom. The van der Waals surface area contributed by atoms with Crippen LogP contribution >= 0.6 is 0 Å². The van der Waals surface area contributed by atoms with E-state index in [9.17, 15) is 9.90 Å². The van der Waals surface area contributed by atoms with E-state index in [1.54, 1.807) is 11.0 Å². The normalized spacial score (nSPS) is 16.2. The predicted molar refractivity (Wildman–Crippen MR) is 92.6 cm³/mol. The molecular formula is C19H25N3O2. The maximum absolute atomic E-state index is 12.9. The van der Waals surface area contributed by atoms with E-state index in [1.807, 2.05) is 37.3 Å². The average Bonchev–Trinajstić information content (AvgIpc) is 3.24. The van der Waals surface area contributed by atoms with Gasteiger partial charge in [0.15, 0.2) is 0 Å². The first-order valence-electron chi connectivity index (χ1n) is 8.69. The van der Waals surface area contributed by atoms with Crippen LogP contribution in [0.1, 0.15) is 54.4 Å². The van der Waals surface area contributed by atoms with E-state index in [1.165, 1.54) is 0 Å². The van der Waals surface area contributed by atoms with Gasteiger partial charge in [0.2, 0.25) is 0 Å². The molecule has 0 spiro atoms. The molecule has 1 aromatic heterocycles. The van der Waals surface area contributed by atoms with E-state index >= 15 is 0 Å². The highest BCUT2D eigenvalue weighted by atomic mass is 16.3. The zero-order chi connectivity index (χ0) is 17.0. The van der Waals surface area contributed by atoms with Crippen LogP contribution in [0.4, 0.5) is 0 Å². The van der Waals surface area contributed by atoms with Gasteiger partial charge in [0.25, 0.3) is 5.91 Å². The lowest BCUT2D eigenvalue weighted by molar-refractivity contribution is 0.00764. The van der Waals surface area contributed by atoms with Gasteiger partial charge in [-0.1, -0.05) is 50.1 Å². The standard InChI is InChI=1S/C19H25N3O2/c1-2-16-12-17(21-20-16)18(23)22(13-15-8-4-3-5-9-15)14-19(24)10-6-7-11-19/h3-5,8-9,12,24H,2,6-7,10-11,13-14H2,1H3,(H,20,21). The molecule has 3 rings (SSSR count).